The number of nitrogens with one attached hydrogen (secondary N) is 1. The van der Waals surface area contributed by atoms with Crippen LogP contribution in [0.1, 0.15) is 54.4 Å². The third-order valence-electron chi connectivity index (χ3n) is 7.18. The van der Waals surface area contributed by atoms with Crippen molar-refractivity contribution in [2.24, 2.45) is 0 Å². The van der Waals surface area contributed by atoms with Gasteiger partial charge >= 0.3 is 0 Å². The van der Waals surface area contributed by atoms with Crippen LogP contribution in [0.5, 0.6) is 0 Å². The first-order valence-electron chi connectivity index (χ1n) is 13.0. The topological polar surface area (TPSA) is 49.4 Å². The van der Waals surface area contributed by atoms with Crippen LogP contribution in [-0.2, 0) is 29.0 Å². The Labute approximate surface area is 230 Å². The lowest BCUT2D eigenvalue weighted by atomic mass is 9.94. The number of carbonyl (C=O) groups is 2. The zero-order chi connectivity index (χ0) is 26.2. The van der Waals surface area contributed by atoms with Gasteiger partial charge < -0.3 is 10.2 Å². The van der Waals surface area contributed by atoms with Gasteiger partial charge in [-0.25, -0.2) is 0 Å². The SMILES string of the molecule is Cc1ccccc1CN(C(=O)Cc1ccc(Cl)cc1Cl)C(Cc1ccccc1)C(=O)NC1CCCCC1. The average molecular weight is 538 g/mol. The van der Waals surface area contributed by atoms with Crippen LogP contribution >= 0.6 is 23.2 Å². The largest absolute Gasteiger partial charge is 0.352 e. The monoisotopic (exact) mass is 536 g/mol. The maximum Gasteiger partial charge on any atom is 0.243 e. The predicted molar refractivity (Wildman–Crippen MR) is 151 cm³/mol. The first-order chi connectivity index (χ1) is 17.9. The molecule has 0 bridgehead atoms. The van der Waals surface area contributed by atoms with Crippen LogP contribution in [0.4, 0.5) is 0 Å². The standard InChI is InChI=1S/C31H34Cl2N2O2/c1-22-10-8-9-13-25(22)21-35(30(36)19-24-16-17-26(32)20-28(24)33)29(18-23-11-4-2-5-12-23)31(37)34-27-14-6-3-7-15-27/h2,4-5,8-13,16-17,20,27,29H,3,6-7,14-15,18-19,21H2,1H3,(H,34,37). The van der Waals surface area contributed by atoms with Crippen molar-refractivity contribution in [2.45, 2.75) is 70.5 Å². The number of halogens is 2. The zero-order valence-electron chi connectivity index (χ0n) is 21.3. The van der Waals surface area contributed by atoms with E-state index in [1.54, 1.807) is 23.1 Å². The number of rotatable bonds is 9. The highest BCUT2D eigenvalue weighted by molar-refractivity contribution is 6.35. The fourth-order valence-electron chi connectivity index (χ4n) is 5.00. The summed E-state index contributed by atoms with van der Waals surface area (Å²) in [4.78, 5) is 29.5. The molecule has 2 amide bonds. The molecule has 4 nitrogen and oxygen atoms in total. The molecule has 1 aliphatic carbocycles. The number of nitrogens with zero attached hydrogens (tertiary/aromatic N) is 1. The molecule has 1 aliphatic rings. The summed E-state index contributed by atoms with van der Waals surface area (Å²) in [6.45, 7) is 2.37. The average Bonchev–Trinajstić information content (AvgIpc) is 2.90. The molecule has 4 rings (SSSR count). The van der Waals surface area contributed by atoms with E-state index in [1.807, 2.05) is 61.5 Å². The lowest BCUT2D eigenvalue weighted by Gasteiger charge is -2.34. The molecule has 0 aliphatic heterocycles. The summed E-state index contributed by atoms with van der Waals surface area (Å²) >= 11 is 12.5. The molecule has 6 heteroatoms. The van der Waals surface area contributed by atoms with E-state index in [1.165, 1.54) is 6.42 Å². The van der Waals surface area contributed by atoms with Gasteiger partial charge in [-0.15, -0.1) is 0 Å². The van der Waals surface area contributed by atoms with Gasteiger partial charge in [-0.1, -0.05) is 103 Å². The minimum atomic E-state index is -0.650. The molecule has 37 heavy (non-hydrogen) atoms. The van der Waals surface area contributed by atoms with Crippen molar-refractivity contribution in [3.63, 3.8) is 0 Å². The molecule has 194 valence electrons. The molecule has 3 aromatic carbocycles. The molecule has 0 spiro atoms. The summed E-state index contributed by atoms with van der Waals surface area (Å²) in [6, 6.07) is 22.6. The van der Waals surface area contributed by atoms with Gasteiger partial charge in [0.1, 0.15) is 6.04 Å². The second-order valence-electron chi connectivity index (χ2n) is 9.91. The van der Waals surface area contributed by atoms with E-state index in [0.29, 0.717) is 28.6 Å². The molecule has 0 aromatic heterocycles. The fraction of sp³-hybridized carbons (Fsp3) is 0.355. The molecule has 1 unspecified atom stereocenters. The molecule has 0 heterocycles. The number of benzene rings is 3. The summed E-state index contributed by atoms with van der Waals surface area (Å²) in [5.41, 5.74) is 3.80. The highest BCUT2D eigenvalue weighted by Gasteiger charge is 2.32. The first-order valence-corrected chi connectivity index (χ1v) is 13.8. The third-order valence-corrected chi connectivity index (χ3v) is 7.77. The second kappa shape index (κ2) is 13.1. The van der Waals surface area contributed by atoms with Crippen molar-refractivity contribution in [1.29, 1.82) is 0 Å². The first kappa shape index (κ1) is 27.2. The molecule has 0 saturated heterocycles. The normalized spacial score (nSPS) is 14.7. The Kier molecular flexibility index (Phi) is 9.65. The van der Waals surface area contributed by atoms with E-state index in [9.17, 15) is 9.59 Å². The van der Waals surface area contributed by atoms with Gasteiger partial charge in [-0.2, -0.15) is 0 Å². The molecule has 1 atom stereocenters. The molecular formula is C31H34Cl2N2O2. The van der Waals surface area contributed by atoms with Crippen molar-refractivity contribution in [2.75, 3.05) is 0 Å². The Hall–Kier alpha value is -2.82. The van der Waals surface area contributed by atoms with Crippen LogP contribution in [0.3, 0.4) is 0 Å². The summed E-state index contributed by atoms with van der Waals surface area (Å²) in [5.74, 6) is -0.243. The molecule has 1 saturated carbocycles. The smallest absolute Gasteiger partial charge is 0.243 e. The predicted octanol–water partition coefficient (Wildman–Crippen LogP) is 6.93. The van der Waals surface area contributed by atoms with Crippen LogP contribution in [-0.4, -0.2) is 28.8 Å². The maximum absolute atomic E-state index is 13.9. The van der Waals surface area contributed by atoms with E-state index in [-0.39, 0.29) is 24.3 Å². The van der Waals surface area contributed by atoms with E-state index in [0.717, 1.165) is 42.4 Å². The molecule has 1 fully saturated rings. The molecule has 3 aromatic rings. The van der Waals surface area contributed by atoms with Crippen LogP contribution in [0, 0.1) is 6.92 Å². The molecular weight excluding hydrogens is 503 g/mol. The lowest BCUT2D eigenvalue weighted by Crippen LogP contribution is -2.53. The van der Waals surface area contributed by atoms with Crippen LogP contribution < -0.4 is 5.32 Å². The van der Waals surface area contributed by atoms with E-state index in [2.05, 4.69) is 5.32 Å². The van der Waals surface area contributed by atoms with Gasteiger partial charge in [0.05, 0.1) is 6.42 Å². The Morgan fingerprint density at radius 1 is 0.919 bits per heavy atom. The molecule has 0 radical (unpaired) electrons. The fourth-order valence-corrected chi connectivity index (χ4v) is 5.47. The van der Waals surface area contributed by atoms with E-state index in [4.69, 9.17) is 23.2 Å². The number of carbonyl (C=O) groups excluding carboxylic acids is 2. The summed E-state index contributed by atoms with van der Waals surface area (Å²) < 4.78 is 0. The zero-order valence-corrected chi connectivity index (χ0v) is 22.8. The van der Waals surface area contributed by atoms with Crippen molar-refractivity contribution in [3.8, 4) is 0 Å². The van der Waals surface area contributed by atoms with Crippen LogP contribution in [0.15, 0.2) is 72.8 Å². The summed E-state index contributed by atoms with van der Waals surface area (Å²) in [5, 5.41) is 4.25. The van der Waals surface area contributed by atoms with Gasteiger partial charge in [0.15, 0.2) is 0 Å². The number of hydrogen-bond acceptors (Lipinski definition) is 2. The minimum Gasteiger partial charge on any atom is -0.352 e. The van der Waals surface area contributed by atoms with Crippen LogP contribution in [0.25, 0.3) is 0 Å². The quantitative estimate of drug-likeness (QED) is 0.322. The Morgan fingerprint density at radius 2 is 1.62 bits per heavy atom. The Bertz CT molecular complexity index is 1210. The lowest BCUT2D eigenvalue weighted by molar-refractivity contribution is -0.141. The summed E-state index contributed by atoms with van der Waals surface area (Å²) in [7, 11) is 0. The number of amides is 2. The van der Waals surface area contributed by atoms with Crippen molar-refractivity contribution < 1.29 is 9.59 Å². The second-order valence-corrected chi connectivity index (χ2v) is 10.8. The molecule has 1 N–H and O–H groups in total. The highest BCUT2D eigenvalue weighted by Crippen LogP contribution is 2.24. The third kappa shape index (κ3) is 7.59. The van der Waals surface area contributed by atoms with Gasteiger partial charge in [0.2, 0.25) is 11.8 Å². The van der Waals surface area contributed by atoms with Gasteiger partial charge in [-0.3, -0.25) is 9.59 Å². The number of hydrogen-bond donors (Lipinski definition) is 1. The van der Waals surface area contributed by atoms with E-state index < -0.39 is 6.04 Å². The highest BCUT2D eigenvalue weighted by atomic mass is 35.5. The van der Waals surface area contributed by atoms with Gasteiger partial charge in [0.25, 0.3) is 0 Å². The summed E-state index contributed by atoms with van der Waals surface area (Å²) in [6.07, 6.45) is 5.94. The Morgan fingerprint density at radius 3 is 2.32 bits per heavy atom. The number of aryl methyl sites for hydroxylation is 1. The van der Waals surface area contributed by atoms with E-state index >= 15 is 0 Å². The van der Waals surface area contributed by atoms with Crippen LogP contribution in [0.2, 0.25) is 10.0 Å². The maximum atomic E-state index is 13.9. The minimum absolute atomic E-state index is 0.0872. The van der Waals surface area contributed by atoms with Crippen molar-refractivity contribution in [3.05, 3.63) is 105 Å². The van der Waals surface area contributed by atoms with Crippen molar-refractivity contribution >= 4 is 35.0 Å². The van der Waals surface area contributed by atoms with Gasteiger partial charge in [-0.05, 0) is 54.2 Å². The van der Waals surface area contributed by atoms with Gasteiger partial charge in [0, 0.05) is 29.1 Å². The Balaban J connectivity index is 1.68. The van der Waals surface area contributed by atoms with Crippen molar-refractivity contribution in [1.82, 2.24) is 10.2 Å².